The van der Waals surface area contributed by atoms with Gasteiger partial charge >= 0.3 is 0 Å². The van der Waals surface area contributed by atoms with E-state index in [0.29, 0.717) is 28.3 Å². The van der Waals surface area contributed by atoms with Gasteiger partial charge in [-0.2, -0.15) is 0 Å². The van der Waals surface area contributed by atoms with Crippen LogP contribution in [-0.2, 0) is 10.0 Å². The van der Waals surface area contributed by atoms with E-state index in [1.165, 1.54) is 6.07 Å². The van der Waals surface area contributed by atoms with E-state index in [0.717, 1.165) is 11.1 Å². The van der Waals surface area contributed by atoms with Crippen LogP contribution in [0.5, 0.6) is 5.75 Å². The van der Waals surface area contributed by atoms with E-state index in [2.05, 4.69) is 10.0 Å². The molecule has 7 heteroatoms. The molecule has 2 N–H and O–H groups in total. The average Bonchev–Trinajstić information content (AvgIpc) is 2.71. The van der Waals surface area contributed by atoms with Gasteiger partial charge in [-0.05, 0) is 79.9 Å². The maximum Gasteiger partial charge on any atom is 0.262 e. The van der Waals surface area contributed by atoms with Crippen LogP contribution in [0.15, 0.2) is 65.6 Å². The van der Waals surface area contributed by atoms with Gasteiger partial charge in [0.25, 0.3) is 15.9 Å². The highest BCUT2D eigenvalue weighted by molar-refractivity contribution is 7.92. The monoisotopic (exact) mass is 424 g/mol. The summed E-state index contributed by atoms with van der Waals surface area (Å²) in [6, 6.07) is 16.9. The molecule has 0 fully saturated rings. The topological polar surface area (TPSA) is 84.5 Å². The van der Waals surface area contributed by atoms with Crippen molar-refractivity contribution in [2.24, 2.45) is 0 Å². The highest BCUT2D eigenvalue weighted by atomic mass is 32.2. The number of methoxy groups -OCH3 is 1. The van der Waals surface area contributed by atoms with Gasteiger partial charge in [-0.15, -0.1) is 0 Å². The summed E-state index contributed by atoms with van der Waals surface area (Å²) in [5, 5.41) is 2.80. The minimum Gasteiger partial charge on any atom is -0.497 e. The highest BCUT2D eigenvalue weighted by Gasteiger charge is 2.19. The number of amides is 1. The molecule has 0 saturated carbocycles. The first-order valence-corrected chi connectivity index (χ1v) is 10.8. The molecule has 6 nitrogen and oxygen atoms in total. The van der Waals surface area contributed by atoms with Crippen LogP contribution in [0, 0.1) is 20.8 Å². The number of rotatable bonds is 6. The summed E-state index contributed by atoms with van der Waals surface area (Å²) in [6.45, 7) is 5.53. The van der Waals surface area contributed by atoms with E-state index >= 15 is 0 Å². The Morgan fingerprint density at radius 2 is 1.53 bits per heavy atom. The summed E-state index contributed by atoms with van der Waals surface area (Å²) >= 11 is 0. The highest BCUT2D eigenvalue weighted by Crippen LogP contribution is 2.25. The number of carbonyl (C=O) groups is 1. The average molecular weight is 425 g/mol. The molecular formula is C23H24N2O4S. The Balaban J connectivity index is 1.86. The number of anilines is 2. The van der Waals surface area contributed by atoms with Gasteiger partial charge in [0.1, 0.15) is 5.75 Å². The van der Waals surface area contributed by atoms with Crippen LogP contribution in [0.3, 0.4) is 0 Å². The third-order valence-electron chi connectivity index (χ3n) is 4.93. The molecule has 0 radical (unpaired) electrons. The second-order valence-electron chi connectivity index (χ2n) is 7.02. The second kappa shape index (κ2) is 8.59. The predicted octanol–water partition coefficient (Wildman–Crippen LogP) is 4.67. The van der Waals surface area contributed by atoms with E-state index in [9.17, 15) is 13.2 Å². The van der Waals surface area contributed by atoms with Gasteiger partial charge in [-0.3, -0.25) is 9.52 Å². The lowest BCUT2D eigenvalue weighted by atomic mass is 10.0. The molecule has 30 heavy (non-hydrogen) atoms. The lowest BCUT2D eigenvalue weighted by molar-refractivity contribution is 0.102. The second-order valence-corrected chi connectivity index (χ2v) is 8.67. The Morgan fingerprint density at radius 1 is 0.867 bits per heavy atom. The van der Waals surface area contributed by atoms with Crippen LogP contribution in [0.4, 0.5) is 11.4 Å². The fourth-order valence-electron chi connectivity index (χ4n) is 3.03. The van der Waals surface area contributed by atoms with E-state index in [-0.39, 0.29) is 10.8 Å². The number of carbonyl (C=O) groups excluding carboxylic acids is 1. The number of nitrogens with one attached hydrogen (secondary N) is 2. The fraction of sp³-hybridized carbons (Fsp3) is 0.174. The Morgan fingerprint density at radius 3 is 2.20 bits per heavy atom. The van der Waals surface area contributed by atoms with Gasteiger partial charge in [-0.25, -0.2) is 8.42 Å². The van der Waals surface area contributed by atoms with Crippen LogP contribution in [-0.4, -0.2) is 21.4 Å². The molecule has 0 spiro atoms. The molecule has 0 aliphatic carbocycles. The Labute approximate surface area is 177 Å². The molecule has 0 aliphatic rings. The van der Waals surface area contributed by atoms with Crippen LogP contribution < -0.4 is 14.8 Å². The van der Waals surface area contributed by atoms with Crippen molar-refractivity contribution in [3.8, 4) is 5.75 Å². The lowest BCUT2D eigenvalue weighted by Gasteiger charge is -2.14. The van der Waals surface area contributed by atoms with Crippen molar-refractivity contribution >= 4 is 27.3 Å². The minimum absolute atomic E-state index is 0.0945. The summed E-state index contributed by atoms with van der Waals surface area (Å²) in [5.41, 5.74) is 3.84. The number of ether oxygens (including phenoxy) is 1. The van der Waals surface area contributed by atoms with Crippen LogP contribution in [0.2, 0.25) is 0 Å². The smallest absolute Gasteiger partial charge is 0.262 e. The number of hydrogen-bond donors (Lipinski definition) is 2. The zero-order valence-corrected chi connectivity index (χ0v) is 18.1. The molecule has 1 amide bonds. The van der Waals surface area contributed by atoms with Gasteiger partial charge in [0, 0.05) is 16.9 Å². The number of sulfonamides is 1. The summed E-state index contributed by atoms with van der Waals surface area (Å²) in [6.07, 6.45) is 0. The first-order chi connectivity index (χ1) is 14.2. The molecule has 0 bridgehead atoms. The molecule has 0 atom stereocenters. The van der Waals surface area contributed by atoms with E-state index in [1.54, 1.807) is 56.5 Å². The molecule has 0 aliphatic heterocycles. The molecule has 3 rings (SSSR count). The van der Waals surface area contributed by atoms with E-state index in [4.69, 9.17) is 4.74 Å². The molecule has 3 aromatic rings. The molecule has 0 heterocycles. The maximum atomic E-state index is 12.9. The van der Waals surface area contributed by atoms with Gasteiger partial charge < -0.3 is 10.1 Å². The number of benzene rings is 3. The predicted molar refractivity (Wildman–Crippen MR) is 119 cm³/mol. The van der Waals surface area contributed by atoms with Crippen molar-refractivity contribution in [2.45, 2.75) is 25.7 Å². The molecule has 156 valence electrons. The quantitative estimate of drug-likeness (QED) is 0.602. The van der Waals surface area contributed by atoms with E-state index < -0.39 is 10.0 Å². The largest absolute Gasteiger partial charge is 0.497 e. The van der Waals surface area contributed by atoms with Crippen molar-refractivity contribution in [3.63, 3.8) is 0 Å². The Kier molecular flexibility index (Phi) is 6.12. The fourth-order valence-corrected chi connectivity index (χ4v) is 4.36. The third-order valence-corrected chi connectivity index (χ3v) is 6.45. The molecular weight excluding hydrogens is 400 g/mol. The Bertz CT molecular complexity index is 1190. The van der Waals surface area contributed by atoms with Crippen LogP contribution in [0.25, 0.3) is 0 Å². The lowest BCUT2D eigenvalue weighted by Crippen LogP contribution is -2.17. The first kappa shape index (κ1) is 21.4. The van der Waals surface area contributed by atoms with Crippen molar-refractivity contribution in [1.29, 1.82) is 0 Å². The summed E-state index contributed by atoms with van der Waals surface area (Å²) in [7, 11) is -2.30. The standard InChI is InChI=1S/C23H24N2O4S/c1-15-6-5-7-21(17(15)3)23(26)24-19-9-8-16(2)22(14-19)30(27,28)25-18-10-12-20(29-4)13-11-18/h5-14,25H,1-4H3,(H,24,26). The SMILES string of the molecule is COc1ccc(NS(=O)(=O)c2cc(NC(=O)c3cccc(C)c3C)ccc2C)cc1. The zero-order chi connectivity index (χ0) is 21.9. The molecule has 0 saturated heterocycles. The van der Waals surface area contributed by atoms with Crippen molar-refractivity contribution in [3.05, 3.63) is 82.9 Å². The molecule has 0 unspecified atom stereocenters. The normalized spacial score (nSPS) is 11.1. The van der Waals surface area contributed by atoms with Crippen molar-refractivity contribution in [2.75, 3.05) is 17.1 Å². The Hall–Kier alpha value is -3.32. The molecule has 3 aromatic carbocycles. The van der Waals surface area contributed by atoms with Crippen LogP contribution >= 0.6 is 0 Å². The van der Waals surface area contributed by atoms with Crippen molar-refractivity contribution in [1.82, 2.24) is 0 Å². The van der Waals surface area contributed by atoms with Crippen molar-refractivity contribution < 1.29 is 17.9 Å². The minimum atomic E-state index is -3.84. The first-order valence-electron chi connectivity index (χ1n) is 9.36. The molecule has 0 aromatic heterocycles. The number of hydrogen-bond acceptors (Lipinski definition) is 4. The zero-order valence-electron chi connectivity index (χ0n) is 17.3. The summed E-state index contributed by atoms with van der Waals surface area (Å²) in [5.74, 6) is 0.344. The van der Waals surface area contributed by atoms with Gasteiger partial charge in [0.05, 0.1) is 12.0 Å². The summed E-state index contributed by atoms with van der Waals surface area (Å²) in [4.78, 5) is 12.8. The van der Waals surface area contributed by atoms with Crippen LogP contribution in [0.1, 0.15) is 27.0 Å². The third kappa shape index (κ3) is 4.63. The van der Waals surface area contributed by atoms with E-state index in [1.807, 2.05) is 26.0 Å². The van der Waals surface area contributed by atoms with Gasteiger partial charge in [-0.1, -0.05) is 18.2 Å². The van der Waals surface area contributed by atoms with Gasteiger partial charge in [0.2, 0.25) is 0 Å². The maximum absolute atomic E-state index is 12.9. The summed E-state index contributed by atoms with van der Waals surface area (Å²) < 4.78 is 33.5. The van der Waals surface area contributed by atoms with Gasteiger partial charge in [0.15, 0.2) is 0 Å². The number of aryl methyl sites for hydroxylation is 2.